The molecule has 3 aromatic rings. The molecule has 0 aliphatic heterocycles. The lowest BCUT2D eigenvalue weighted by molar-refractivity contribution is 0.412. The van der Waals surface area contributed by atoms with Crippen LogP contribution in [0.5, 0.6) is 0 Å². The third-order valence-corrected chi connectivity index (χ3v) is 7.34. The lowest BCUT2D eigenvalue weighted by atomic mass is 9.96. The Morgan fingerprint density at radius 1 is 1.07 bits per heavy atom. The molecule has 27 heavy (non-hydrogen) atoms. The van der Waals surface area contributed by atoms with Crippen molar-refractivity contribution in [1.29, 1.82) is 0 Å². The summed E-state index contributed by atoms with van der Waals surface area (Å²) in [5.74, 6) is 0. The molecule has 0 spiro atoms. The number of halogens is 1. The van der Waals surface area contributed by atoms with Gasteiger partial charge in [-0.15, -0.1) is 0 Å². The van der Waals surface area contributed by atoms with Gasteiger partial charge in [0.2, 0.25) is 10.0 Å². The van der Waals surface area contributed by atoms with E-state index in [0.717, 1.165) is 47.8 Å². The van der Waals surface area contributed by atoms with Gasteiger partial charge in [0.15, 0.2) is 0 Å². The van der Waals surface area contributed by atoms with Crippen molar-refractivity contribution < 1.29 is 8.42 Å². The van der Waals surface area contributed by atoms with E-state index in [9.17, 15) is 8.42 Å². The minimum atomic E-state index is -3.66. The van der Waals surface area contributed by atoms with Gasteiger partial charge in [0.1, 0.15) is 4.90 Å². The number of rotatable bonds is 4. The fourth-order valence-electron chi connectivity index (χ4n) is 3.84. The smallest absolute Gasteiger partial charge is 0.242 e. The molecule has 6 heteroatoms. The molecule has 0 unspecified atom stereocenters. The maximum absolute atomic E-state index is 12.9. The highest BCUT2D eigenvalue weighted by Crippen LogP contribution is 2.31. The van der Waals surface area contributed by atoms with Crippen LogP contribution in [0, 0.1) is 6.92 Å². The van der Waals surface area contributed by atoms with E-state index in [2.05, 4.69) is 28.8 Å². The molecular weight excluding hydrogens is 380 g/mol. The number of sulfonamides is 1. The number of nitrogens with one attached hydrogen (secondary N) is 2. The largest absolute Gasteiger partial charge is 0.355 e. The van der Waals surface area contributed by atoms with E-state index in [1.165, 1.54) is 12.0 Å². The molecule has 1 fully saturated rings. The highest BCUT2D eigenvalue weighted by Gasteiger charge is 2.24. The van der Waals surface area contributed by atoms with Gasteiger partial charge in [-0.3, -0.25) is 0 Å². The predicted octanol–water partition coefficient (Wildman–Crippen LogP) is 5.41. The van der Waals surface area contributed by atoms with Crippen LogP contribution in [-0.4, -0.2) is 19.4 Å². The fourth-order valence-corrected chi connectivity index (χ4v) is 5.67. The van der Waals surface area contributed by atoms with Crippen molar-refractivity contribution in [2.45, 2.75) is 50.0 Å². The molecule has 4 nitrogen and oxygen atoms in total. The van der Waals surface area contributed by atoms with Crippen molar-refractivity contribution in [2.75, 3.05) is 0 Å². The molecule has 0 amide bonds. The summed E-state index contributed by atoms with van der Waals surface area (Å²) in [7, 11) is -3.66. The molecule has 0 saturated heterocycles. The molecule has 1 aliphatic carbocycles. The van der Waals surface area contributed by atoms with Crippen LogP contribution in [0.2, 0.25) is 5.02 Å². The molecule has 1 heterocycles. The quantitative estimate of drug-likeness (QED) is 0.613. The Labute approximate surface area is 165 Å². The molecule has 2 N–H and O–H groups in total. The second-order valence-corrected chi connectivity index (χ2v) is 9.41. The van der Waals surface area contributed by atoms with Gasteiger partial charge in [-0.2, -0.15) is 0 Å². The highest BCUT2D eigenvalue weighted by molar-refractivity contribution is 7.89. The summed E-state index contributed by atoms with van der Waals surface area (Å²) in [6, 6.07) is 13.3. The van der Waals surface area contributed by atoms with Crippen LogP contribution in [0.25, 0.3) is 22.2 Å². The molecule has 1 aromatic heterocycles. The van der Waals surface area contributed by atoms with Gasteiger partial charge in [0.05, 0.1) is 5.02 Å². The van der Waals surface area contributed by atoms with Gasteiger partial charge < -0.3 is 4.98 Å². The topological polar surface area (TPSA) is 62.0 Å². The van der Waals surface area contributed by atoms with Crippen LogP contribution in [0.15, 0.2) is 47.4 Å². The van der Waals surface area contributed by atoms with E-state index in [0.29, 0.717) is 0 Å². The summed E-state index contributed by atoms with van der Waals surface area (Å²) in [5, 5.41) is 1.38. The van der Waals surface area contributed by atoms with Crippen molar-refractivity contribution in [3.8, 4) is 11.3 Å². The molecule has 0 atom stereocenters. The number of hydrogen-bond acceptors (Lipinski definition) is 2. The zero-order valence-electron chi connectivity index (χ0n) is 15.3. The average Bonchev–Trinajstić information content (AvgIpc) is 3.08. The second kappa shape index (κ2) is 7.30. The molecule has 4 rings (SSSR count). The van der Waals surface area contributed by atoms with E-state index < -0.39 is 10.0 Å². The Hall–Kier alpha value is -1.82. The molecule has 0 radical (unpaired) electrons. The Balaban J connectivity index is 1.71. The second-order valence-electron chi connectivity index (χ2n) is 7.32. The van der Waals surface area contributed by atoms with Crippen LogP contribution in [-0.2, 0) is 10.0 Å². The van der Waals surface area contributed by atoms with Gasteiger partial charge in [-0.1, -0.05) is 49.1 Å². The molecule has 142 valence electrons. The summed E-state index contributed by atoms with van der Waals surface area (Å²) in [6.07, 6.45) is 5.08. The summed E-state index contributed by atoms with van der Waals surface area (Å²) in [5.41, 5.74) is 3.89. The van der Waals surface area contributed by atoms with Crippen molar-refractivity contribution in [1.82, 2.24) is 9.71 Å². The zero-order valence-corrected chi connectivity index (χ0v) is 16.8. The van der Waals surface area contributed by atoms with Crippen molar-refractivity contribution in [3.63, 3.8) is 0 Å². The van der Waals surface area contributed by atoms with E-state index in [1.54, 1.807) is 12.1 Å². The monoisotopic (exact) mass is 402 g/mol. The van der Waals surface area contributed by atoms with E-state index in [1.807, 2.05) is 18.2 Å². The first kappa shape index (κ1) is 18.5. The Kier molecular flexibility index (Phi) is 5.01. The Bertz CT molecular complexity index is 1080. The van der Waals surface area contributed by atoms with Crippen molar-refractivity contribution in [3.05, 3.63) is 53.1 Å². The van der Waals surface area contributed by atoms with Crippen molar-refractivity contribution in [2.24, 2.45) is 0 Å². The first-order valence-corrected chi connectivity index (χ1v) is 11.2. The van der Waals surface area contributed by atoms with Crippen LogP contribution >= 0.6 is 11.6 Å². The normalized spacial score (nSPS) is 16.1. The predicted molar refractivity (Wildman–Crippen MR) is 111 cm³/mol. The minimum Gasteiger partial charge on any atom is -0.355 e. The molecule has 0 bridgehead atoms. The summed E-state index contributed by atoms with van der Waals surface area (Å²) >= 11 is 6.26. The third-order valence-electron chi connectivity index (χ3n) is 5.34. The fraction of sp³-hybridized carbons (Fsp3) is 0.333. The zero-order chi connectivity index (χ0) is 19.0. The number of fused-ring (bicyclic) bond motifs is 1. The summed E-state index contributed by atoms with van der Waals surface area (Å²) in [6.45, 7) is 2.06. The van der Waals surface area contributed by atoms with E-state index in [-0.39, 0.29) is 16.0 Å². The van der Waals surface area contributed by atoms with Crippen LogP contribution in [0.4, 0.5) is 0 Å². The van der Waals surface area contributed by atoms with E-state index in [4.69, 9.17) is 11.6 Å². The van der Waals surface area contributed by atoms with Crippen LogP contribution < -0.4 is 4.72 Å². The van der Waals surface area contributed by atoms with Crippen LogP contribution in [0.3, 0.4) is 0 Å². The third kappa shape index (κ3) is 3.77. The van der Waals surface area contributed by atoms with E-state index >= 15 is 0 Å². The van der Waals surface area contributed by atoms with Gasteiger partial charge in [-0.25, -0.2) is 13.1 Å². The molecule has 1 saturated carbocycles. The van der Waals surface area contributed by atoms with Gasteiger partial charge >= 0.3 is 0 Å². The lowest BCUT2D eigenvalue weighted by Crippen LogP contribution is -2.36. The van der Waals surface area contributed by atoms with Crippen molar-refractivity contribution >= 4 is 32.5 Å². The number of aryl methyl sites for hydroxylation is 1. The van der Waals surface area contributed by atoms with Gasteiger partial charge in [0.25, 0.3) is 0 Å². The lowest BCUT2D eigenvalue weighted by Gasteiger charge is -2.23. The summed E-state index contributed by atoms with van der Waals surface area (Å²) < 4.78 is 28.7. The highest BCUT2D eigenvalue weighted by atomic mass is 35.5. The first-order chi connectivity index (χ1) is 12.9. The van der Waals surface area contributed by atoms with Gasteiger partial charge in [0, 0.05) is 22.6 Å². The molecule has 1 aliphatic rings. The number of aromatic nitrogens is 1. The minimum absolute atomic E-state index is 0.000742. The number of benzene rings is 2. The average molecular weight is 403 g/mol. The number of aromatic amines is 1. The van der Waals surface area contributed by atoms with Crippen LogP contribution in [0.1, 0.15) is 37.7 Å². The summed E-state index contributed by atoms with van der Waals surface area (Å²) in [4.78, 5) is 3.52. The maximum atomic E-state index is 12.9. The SMILES string of the molecule is Cc1cccc2[nH]c(-c3ccc(Cl)c(S(=O)(=O)NC4CCCCC4)c3)cc12. The maximum Gasteiger partial charge on any atom is 0.242 e. The number of H-pyrrole nitrogens is 1. The standard InChI is InChI=1S/C21H23ClN2O2S/c1-14-6-5-9-19-17(14)13-20(23-19)15-10-11-18(22)21(12-15)27(25,26)24-16-7-3-2-4-8-16/h5-6,9-13,16,23-24H,2-4,7-8H2,1H3. The Morgan fingerprint density at radius 2 is 1.85 bits per heavy atom. The Morgan fingerprint density at radius 3 is 2.59 bits per heavy atom. The molecule has 2 aromatic carbocycles. The number of hydrogen-bond donors (Lipinski definition) is 2. The first-order valence-electron chi connectivity index (χ1n) is 9.35. The molecular formula is C21H23ClN2O2S. The van der Waals surface area contributed by atoms with Gasteiger partial charge in [-0.05, 0) is 55.2 Å².